The van der Waals surface area contributed by atoms with Crippen LogP contribution in [-0.4, -0.2) is 25.2 Å². The minimum atomic E-state index is -3.56. The van der Waals surface area contributed by atoms with E-state index in [1.165, 1.54) is 39.0 Å². The molecule has 0 aromatic carbocycles. The summed E-state index contributed by atoms with van der Waals surface area (Å²) >= 11 is 0. The number of alkyl halides is 3. The molecule has 5 atom stereocenters. The van der Waals surface area contributed by atoms with Crippen LogP contribution in [-0.2, 0) is 9.52 Å². The fourth-order valence-corrected chi connectivity index (χ4v) is 8.01. The molecule has 0 aromatic rings. The summed E-state index contributed by atoms with van der Waals surface area (Å²) in [6.45, 7) is 5.73. The van der Waals surface area contributed by atoms with Crippen molar-refractivity contribution in [1.29, 1.82) is 0 Å². The van der Waals surface area contributed by atoms with Gasteiger partial charge in [0.2, 0.25) is 0 Å². The topological polar surface area (TPSA) is 17.1 Å². The molecule has 1 aliphatic heterocycles. The van der Waals surface area contributed by atoms with E-state index < -0.39 is 25.7 Å². The van der Waals surface area contributed by atoms with Crippen molar-refractivity contribution in [2.24, 2.45) is 11.8 Å². The fourth-order valence-electron chi connectivity index (χ4n) is 4.60. The van der Waals surface area contributed by atoms with Gasteiger partial charge in [0, 0.05) is 26.6 Å². The molecule has 1 saturated carbocycles. The largest absolute Gasteiger partial charge is 0.294 e. The summed E-state index contributed by atoms with van der Waals surface area (Å²) in [7, 11) is -3.21. The zero-order valence-corrected chi connectivity index (χ0v) is 15.7. The van der Waals surface area contributed by atoms with E-state index in [2.05, 4.69) is 6.92 Å². The molecule has 0 amide bonds. The SMILES string of the molecule is CCCC1CCCCC1CCC(C)S1(=O)=C(C)C1(F)C(C)(F)F. The van der Waals surface area contributed by atoms with Crippen LogP contribution in [0, 0.1) is 11.8 Å². The quantitative estimate of drug-likeness (QED) is 0.547. The summed E-state index contributed by atoms with van der Waals surface area (Å²) < 4.78 is 54.6. The summed E-state index contributed by atoms with van der Waals surface area (Å²) in [5.41, 5.74) is 0. The van der Waals surface area contributed by atoms with Gasteiger partial charge in [-0.3, -0.25) is 4.21 Å². The van der Waals surface area contributed by atoms with E-state index in [-0.39, 0.29) is 4.86 Å². The van der Waals surface area contributed by atoms with Gasteiger partial charge in [-0.15, -0.1) is 0 Å². The minimum Gasteiger partial charge on any atom is -0.263 e. The molecule has 2 rings (SSSR count). The van der Waals surface area contributed by atoms with Crippen molar-refractivity contribution in [3.63, 3.8) is 0 Å². The molecule has 1 fully saturated rings. The molecule has 0 saturated heterocycles. The molecule has 0 N–H and O–H groups in total. The van der Waals surface area contributed by atoms with Crippen molar-refractivity contribution in [2.75, 3.05) is 0 Å². The lowest BCUT2D eigenvalue weighted by molar-refractivity contribution is -0.0393. The van der Waals surface area contributed by atoms with Gasteiger partial charge >= 0.3 is 0 Å². The Morgan fingerprint density at radius 2 is 1.78 bits per heavy atom. The van der Waals surface area contributed by atoms with Crippen LogP contribution in [0.3, 0.4) is 0 Å². The molecule has 1 nitrogen and oxygen atoms in total. The summed E-state index contributed by atoms with van der Waals surface area (Å²) in [4.78, 5) is -0.126. The Bertz CT molecular complexity index is 543. The van der Waals surface area contributed by atoms with Crippen molar-refractivity contribution in [2.45, 2.75) is 95.2 Å². The molecule has 1 heterocycles. The first-order valence-corrected chi connectivity index (χ1v) is 10.7. The molecule has 0 spiro atoms. The second kappa shape index (κ2) is 6.61. The van der Waals surface area contributed by atoms with Crippen LogP contribution >= 0.6 is 0 Å². The first-order chi connectivity index (χ1) is 10.6. The molecule has 0 radical (unpaired) electrons. The van der Waals surface area contributed by atoms with E-state index in [0.717, 1.165) is 12.8 Å². The second-order valence-corrected chi connectivity index (χ2v) is 10.8. The normalized spacial score (nSPS) is 39.3. The standard InChI is InChI=1S/C18H31F3OS/c1-5-8-15-9-6-7-10-16(15)12-11-13(2)23(22)14(3)18(23,21)17(4,19)20/h13,15-16H,5-12H2,1-4H3. The third kappa shape index (κ3) is 3.07. The zero-order valence-electron chi connectivity index (χ0n) is 14.8. The van der Waals surface area contributed by atoms with Crippen LogP contribution in [0.25, 0.3) is 0 Å². The third-order valence-electron chi connectivity index (χ3n) is 6.09. The van der Waals surface area contributed by atoms with E-state index in [1.807, 2.05) is 0 Å². The van der Waals surface area contributed by atoms with Gasteiger partial charge in [0.1, 0.15) is 0 Å². The lowest BCUT2D eigenvalue weighted by atomic mass is 9.75. The maximum absolute atomic E-state index is 14.6. The summed E-state index contributed by atoms with van der Waals surface area (Å²) in [5, 5.41) is -3.38. The summed E-state index contributed by atoms with van der Waals surface area (Å²) in [5.74, 6) is -2.27. The maximum Gasteiger partial charge on any atom is 0.294 e. The molecule has 5 heteroatoms. The second-order valence-electron chi connectivity index (χ2n) is 7.62. The number of hydrogen-bond donors (Lipinski definition) is 0. The smallest absolute Gasteiger partial charge is 0.263 e. The molecule has 2 aliphatic rings. The third-order valence-corrected chi connectivity index (χ3v) is 9.94. The average molecular weight is 353 g/mol. The van der Waals surface area contributed by atoms with Gasteiger partial charge in [0.25, 0.3) is 10.9 Å². The van der Waals surface area contributed by atoms with Gasteiger partial charge in [-0.25, -0.2) is 13.2 Å². The monoisotopic (exact) mass is 352 g/mol. The Kier molecular flexibility index (Phi) is 5.50. The van der Waals surface area contributed by atoms with Gasteiger partial charge in [0.15, 0.2) is 0 Å². The average Bonchev–Trinajstić information content (AvgIpc) is 2.95. The highest BCUT2D eigenvalue weighted by atomic mass is 32.2. The highest BCUT2D eigenvalue weighted by Gasteiger charge is 2.73. The summed E-state index contributed by atoms with van der Waals surface area (Å²) in [6.07, 6.45) is 8.76. The molecule has 0 bridgehead atoms. The van der Waals surface area contributed by atoms with Gasteiger partial charge in [0.05, 0.1) is 0 Å². The van der Waals surface area contributed by atoms with Crippen LogP contribution in [0.15, 0.2) is 0 Å². The Hall–Kier alpha value is -0.190. The van der Waals surface area contributed by atoms with Gasteiger partial charge in [-0.1, -0.05) is 52.4 Å². The molecule has 23 heavy (non-hydrogen) atoms. The van der Waals surface area contributed by atoms with Crippen molar-refractivity contribution >= 4 is 14.4 Å². The van der Waals surface area contributed by atoms with Crippen LogP contribution < -0.4 is 0 Å². The Morgan fingerprint density at radius 3 is 2.22 bits per heavy atom. The fraction of sp³-hybridized carbons (Fsp3) is 0.944. The minimum absolute atomic E-state index is 0.126. The van der Waals surface area contributed by atoms with Crippen LogP contribution in [0.5, 0.6) is 0 Å². The lowest BCUT2D eigenvalue weighted by Crippen LogP contribution is -2.39. The molecular formula is C18H31F3OS. The molecule has 5 unspecified atom stereocenters. The van der Waals surface area contributed by atoms with E-state index >= 15 is 0 Å². The summed E-state index contributed by atoms with van der Waals surface area (Å²) in [6, 6.07) is 0. The first kappa shape index (κ1) is 19.1. The zero-order chi connectivity index (χ0) is 17.5. The highest BCUT2D eigenvalue weighted by Crippen LogP contribution is 2.53. The van der Waals surface area contributed by atoms with Crippen LogP contribution in [0.2, 0.25) is 0 Å². The van der Waals surface area contributed by atoms with Gasteiger partial charge in [-0.05, 0) is 31.6 Å². The van der Waals surface area contributed by atoms with Gasteiger partial charge in [-0.2, -0.15) is 0 Å². The maximum atomic E-state index is 14.6. The van der Waals surface area contributed by atoms with Crippen molar-refractivity contribution < 1.29 is 17.4 Å². The first-order valence-electron chi connectivity index (χ1n) is 9.04. The van der Waals surface area contributed by atoms with E-state index in [1.54, 1.807) is 6.92 Å². The number of rotatable bonds is 7. The predicted octanol–water partition coefficient (Wildman–Crippen LogP) is 5.57. The van der Waals surface area contributed by atoms with E-state index in [9.17, 15) is 17.4 Å². The Balaban J connectivity index is 2.00. The van der Waals surface area contributed by atoms with E-state index in [0.29, 0.717) is 25.2 Å². The molecule has 0 aromatic heterocycles. The van der Waals surface area contributed by atoms with Crippen LogP contribution in [0.1, 0.15) is 79.1 Å². The number of halogens is 3. The van der Waals surface area contributed by atoms with Crippen molar-refractivity contribution in [3.8, 4) is 0 Å². The Labute approximate surface area is 139 Å². The van der Waals surface area contributed by atoms with Crippen molar-refractivity contribution in [3.05, 3.63) is 0 Å². The Morgan fingerprint density at radius 1 is 1.26 bits per heavy atom. The predicted molar refractivity (Wildman–Crippen MR) is 92.3 cm³/mol. The molecule has 1 aliphatic carbocycles. The lowest BCUT2D eigenvalue weighted by Gasteiger charge is -2.32. The van der Waals surface area contributed by atoms with E-state index in [4.69, 9.17) is 0 Å². The van der Waals surface area contributed by atoms with Gasteiger partial charge < -0.3 is 0 Å². The highest BCUT2D eigenvalue weighted by molar-refractivity contribution is 8.13. The van der Waals surface area contributed by atoms with Crippen molar-refractivity contribution in [1.82, 2.24) is 0 Å². The number of hydrogen-bond acceptors (Lipinski definition) is 1. The molecular weight excluding hydrogens is 321 g/mol. The van der Waals surface area contributed by atoms with Crippen LogP contribution in [0.4, 0.5) is 13.2 Å². The molecule has 136 valence electrons.